The van der Waals surface area contributed by atoms with Gasteiger partial charge in [-0.2, -0.15) is 0 Å². The van der Waals surface area contributed by atoms with Crippen LogP contribution in [0, 0.1) is 6.92 Å². The van der Waals surface area contributed by atoms with E-state index in [1.807, 2.05) is 13.0 Å². The molecule has 0 aromatic heterocycles. The summed E-state index contributed by atoms with van der Waals surface area (Å²) in [6, 6.07) is 5.28. The molecule has 1 unspecified atom stereocenters. The van der Waals surface area contributed by atoms with E-state index in [0.29, 0.717) is 30.4 Å². The lowest BCUT2D eigenvalue weighted by Gasteiger charge is -2.21. The Morgan fingerprint density at radius 1 is 1.44 bits per heavy atom. The highest BCUT2D eigenvalue weighted by Gasteiger charge is 2.24. The molecule has 4 heteroatoms. The number of ketones is 1. The molecule has 0 saturated carbocycles. The smallest absolute Gasteiger partial charge is 0.193 e. The van der Waals surface area contributed by atoms with Gasteiger partial charge in [0.2, 0.25) is 0 Å². The van der Waals surface area contributed by atoms with Gasteiger partial charge in [0, 0.05) is 10.6 Å². The second-order valence-electron chi connectivity index (χ2n) is 3.76. The zero-order valence-electron chi connectivity index (χ0n) is 9.03. The summed E-state index contributed by atoms with van der Waals surface area (Å²) in [6.45, 7) is 3.25. The molecule has 0 amide bonds. The Bertz CT molecular complexity index is 397. The first-order valence-electron chi connectivity index (χ1n) is 5.18. The summed E-state index contributed by atoms with van der Waals surface area (Å²) in [4.78, 5) is 12.0. The van der Waals surface area contributed by atoms with Crippen LogP contribution in [0.3, 0.4) is 0 Å². The third-order valence-corrected chi connectivity index (χ3v) is 2.97. The molecule has 16 heavy (non-hydrogen) atoms. The van der Waals surface area contributed by atoms with Gasteiger partial charge < -0.3 is 9.47 Å². The van der Waals surface area contributed by atoms with Crippen molar-refractivity contribution in [2.45, 2.75) is 13.0 Å². The Morgan fingerprint density at radius 3 is 2.88 bits per heavy atom. The highest BCUT2D eigenvalue weighted by atomic mass is 35.5. The quantitative estimate of drug-likeness (QED) is 0.744. The standard InChI is InChI=1S/C12H13ClO3/c1-8-2-3-9(6-10(8)13)12(14)11-7-15-4-5-16-11/h2-3,6,11H,4-5,7H2,1H3. The van der Waals surface area contributed by atoms with Gasteiger partial charge in [0.25, 0.3) is 0 Å². The van der Waals surface area contributed by atoms with E-state index in [4.69, 9.17) is 21.1 Å². The van der Waals surface area contributed by atoms with Crippen LogP contribution >= 0.6 is 11.6 Å². The molecule has 0 radical (unpaired) electrons. The van der Waals surface area contributed by atoms with Crippen molar-refractivity contribution in [1.29, 1.82) is 0 Å². The maximum absolute atomic E-state index is 12.0. The zero-order valence-corrected chi connectivity index (χ0v) is 9.79. The summed E-state index contributed by atoms with van der Waals surface area (Å²) < 4.78 is 10.5. The van der Waals surface area contributed by atoms with Crippen molar-refractivity contribution in [3.63, 3.8) is 0 Å². The molecule has 0 aliphatic carbocycles. The second kappa shape index (κ2) is 4.95. The largest absolute Gasteiger partial charge is 0.376 e. The van der Waals surface area contributed by atoms with E-state index in [1.54, 1.807) is 12.1 Å². The number of benzene rings is 1. The summed E-state index contributed by atoms with van der Waals surface area (Å²) in [5.41, 5.74) is 1.53. The molecule has 1 atom stereocenters. The fraction of sp³-hybridized carbons (Fsp3) is 0.417. The average molecular weight is 241 g/mol. The molecule has 2 rings (SSSR count). The van der Waals surface area contributed by atoms with Crippen LogP contribution in [0.1, 0.15) is 15.9 Å². The van der Waals surface area contributed by atoms with Crippen LogP contribution in [0.15, 0.2) is 18.2 Å². The van der Waals surface area contributed by atoms with Crippen LogP contribution in [-0.4, -0.2) is 31.7 Å². The minimum atomic E-state index is -0.493. The van der Waals surface area contributed by atoms with Crippen LogP contribution in [0.2, 0.25) is 5.02 Å². The van der Waals surface area contributed by atoms with Crippen LogP contribution in [-0.2, 0) is 9.47 Å². The van der Waals surface area contributed by atoms with E-state index in [-0.39, 0.29) is 5.78 Å². The number of aryl methyl sites for hydroxylation is 1. The Labute approximate surface area is 99.3 Å². The SMILES string of the molecule is Cc1ccc(C(=O)C2COCCO2)cc1Cl. The van der Waals surface area contributed by atoms with Gasteiger partial charge in [-0.25, -0.2) is 0 Å². The van der Waals surface area contributed by atoms with Gasteiger partial charge in [-0.1, -0.05) is 23.7 Å². The van der Waals surface area contributed by atoms with Crippen LogP contribution in [0.25, 0.3) is 0 Å². The van der Waals surface area contributed by atoms with E-state index in [9.17, 15) is 4.79 Å². The normalized spacial score (nSPS) is 20.8. The lowest BCUT2D eigenvalue weighted by atomic mass is 10.0. The molecule has 1 heterocycles. The molecule has 1 fully saturated rings. The van der Waals surface area contributed by atoms with E-state index >= 15 is 0 Å². The van der Waals surface area contributed by atoms with Crippen molar-refractivity contribution in [1.82, 2.24) is 0 Å². The Morgan fingerprint density at radius 2 is 2.25 bits per heavy atom. The van der Waals surface area contributed by atoms with Gasteiger partial charge in [0.05, 0.1) is 19.8 Å². The first-order chi connectivity index (χ1) is 7.68. The van der Waals surface area contributed by atoms with Crippen molar-refractivity contribution in [2.75, 3.05) is 19.8 Å². The van der Waals surface area contributed by atoms with Crippen molar-refractivity contribution in [3.05, 3.63) is 34.3 Å². The third-order valence-electron chi connectivity index (χ3n) is 2.56. The Kier molecular flexibility index (Phi) is 3.59. The summed E-state index contributed by atoms with van der Waals surface area (Å²) in [5.74, 6) is -0.0680. The first kappa shape index (κ1) is 11.6. The van der Waals surface area contributed by atoms with E-state index in [1.165, 1.54) is 0 Å². The van der Waals surface area contributed by atoms with Crippen molar-refractivity contribution in [2.24, 2.45) is 0 Å². The number of ether oxygens (including phenoxy) is 2. The fourth-order valence-electron chi connectivity index (χ4n) is 1.57. The van der Waals surface area contributed by atoms with E-state index in [2.05, 4.69) is 0 Å². The summed E-state index contributed by atoms with van der Waals surface area (Å²) in [6.07, 6.45) is -0.493. The van der Waals surface area contributed by atoms with Gasteiger partial charge >= 0.3 is 0 Å². The molecule has 0 spiro atoms. The minimum absolute atomic E-state index is 0.0680. The maximum Gasteiger partial charge on any atom is 0.193 e. The van der Waals surface area contributed by atoms with Crippen LogP contribution < -0.4 is 0 Å². The number of Topliss-reactive ketones (excluding diaryl/α,β-unsaturated/α-hetero) is 1. The number of carbonyl (C=O) groups is 1. The molecule has 0 N–H and O–H groups in total. The molecule has 0 bridgehead atoms. The molecular formula is C12H13ClO3. The van der Waals surface area contributed by atoms with Gasteiger partial charge in [-0.05, 0) is 18.6 Å². The molecule has 3 nitrogen and oxygen atoms in total. The van der Waals surface area contributed by atoms with E-state index in [0.717, 1.165) is 5.56 Å². The van der Waals surface area contributed by atoms with Gasteiger partial charge in [-0.15, -0.1) is 0 Å². The predicted molar refractivity (Wildman–Crippen MR) is 61.1 cm³/mol. The third kappa shape index (κ3) is 2.43. The van der Waals surface area contributed by atoms with E-state index < -0.39 is 6.10 Å². The fourth-order valence-corrected chi connectivity index (χ4v) is 1.75. The maximum atomic E-state index is 12.0. The molecule has 1 aromatic carbocycles. The first-order valence-corrected chi connectivity index (χ1v) is 5.56. The molecule has 86 valence electrons. The average Bonchev–Trinajstić information content (AvgIpc) is 2.33. The minimum Gasteiger partial charge on any atom is -0.376 e. The lowest BCUT2D eigenvalue weighted by Crippen LogP contribution is -2.35. The lowest BCUT2D eigenvalue weighted by molar-refractivity contribution is -0.0719. The van der Waals surface area contributed by atoms with Crippen molar-refractivity contribution < 1.29 is 14.3 Å². The molecule has 1 aliphatic heterocycles. The zero-order chi connectivity index (χ0) is 11.5. The summed E-state index contributed by atoms with van der Waals surface area (Å²) in [7, 11) is 0. The summed E-state index contributed by atoms with van der Waals surface area (Å²) >= 11 is 5.97. The number of hydrogen-bond acceptors (Lipinski definition) is 3. The Hall–Kier alpha value is -0.900. The highest BCUT2D eigenvalue weighted by Crippen LogP contribution is 2.19. The predicted octanol–water partition coefficient (Wildman–Crippen LogP) is 2.25. The van der Waals surface area contributed by atoms with Gasteiger partial charge in [0.1, 0.15) is 6.10 Å². The molecule has 1 aliphatic rings. The molecular weight excluding hydrogens is 228 g/mol. The molecule has 1 saturated heterocycles. The Balaban J connectivity index is 2.16. The number of hydrogen-bond donors (Lipinski definition) is 0. The topological polar surface area (TPSA) is 35.5 Å². The molecule has 1 aromatic rings. The van der Waals surface area contributed by atoms with Crippen molar-refractivity contribution >= 4 is 17.4 Å². The number of halogens is 1. The second-order valence-corrected chi connectivity index (χ2v) is 4.17. The van der Waals surface area contributed by atoms with Crippen LogP contribution in [0.5, 0.6) is 0 Å². The van der Waals surface area contributed by atoms with Crippen LogP contribution in [0.4, 0.5) is 0 Å². The highest BCUT2D eigenvalue weighted by molar-refractivity contribution is 6.31. The number of rotatable bonds is 2. The van der Waals surface area contributed by atoms with Gasteiger partial charge in [-0.3, -0.25) is 4.79 Å². The van der Waals surface area contributed by atoms with Crippen molar-refractivity contribution in [3.8, 4) is 0 Å². The van der Waals surface area contributed by atoms with Gasteiger partial charge in [0.15, 0.2) is 5.78 Å². The summed E-state index contributed by atoms with van der Waals surface area (Å²) in [5, 5.41) is 0.600. The monoisotopic (exact) mass is 240 g/mol. The number of carbonyl (C=O) groups excluding carboxylic acids is 1.